The lowest BCUT2D eigenvalue weighted by atomic mass is 10.2. The lowest BCUT2D eigenvalue weighted by molar-refractivity contribution is -0.135. The predicted octanol–water partition coefficient (Wildman–Crippen LogP) is -0.489. The van der Waals surface area contributed by atoms with Gasteiger partial charge in [0, 0.05) is 26.1 Å². The van der Waals surface area contributed by atoms with E-state index in [4.69, 9.17) is 10.00 Å². The SMILES string of the molecule is CC(C#N)C(=O)NCCC(=O)N1CCOCC1. The molecule has 0 bridgehead atoms. The van der Waals surface area contributed by atoms with Crippen molar-refractivity contribution < 1.29 is 14.3 Å². The van der Waals surface area contributed by atoms with E-state index in [1.807, 2.05) is 6.07 Å². The summed E-state index contributed by atoms with van der Waals surface area (Å²) in [4.78, 5) is 24.7. The standard InChI is InChI=1S/C11H17N3O3/c1-9(8-12)11(16)13-3-2-10(15)14-4-6-17-7-5-14/h9H,2-7H2,1H3,(H,13,16). The zero-order valence-electron chi connectivity index (χ0n) is 9.94. The molecule has 1 aliphatic rings. The molecule has 6 nitrogen and oxygen atoms in total. The largest absolute Gasteiger partial charge is 0.378 e. The molecule has 1 N–H and O–H groups in total. The van der Waals surface area contributed by atoms with Crippen molar-refractivity contribution in [1.82, 2.24) is 10.2 Å². The Morgan fingerprint density at radius 3 is 2.71 bits per heavy atom. The number of rotatable bonds is 4. The number of carbonyl (C=O) groups excluding carboxylic acids is 2. The maximum atomic E-state index is 11.7. The van der Waals surface area contributed by atoms with Crippen LogP contribution in [0.1, 0.15) is 13.3 Å². The summed E-state index contributed by atoms with van der Waals surface area (Å²) in [6.07, 6.45) is 0.268. The van der Waals surface area contributed by atoms with Crippen molar-refractivity contribution in [3.63, 3.8) is 0 Å². The minimum Gasteiger partial charge on any atom is -0.378 e. The van der Waals surface area contributed by atoms with Crippen LogP contribution < -0.4 is 5.32 Å². The molecule has 1 fully saturated rings. The Morgan fingerprint density at radius 1 is 1.47 bits per heavy atom. The maximum Gasteiger partial charge on any atom is 0.237 e. The van der Waals surface area contributed by atoms with Gasteiger partial charge in [-0.2, -0.15) is 5.26 Å². The van der Waals surface area contributed by atoms with Gasteiger partial charge in [-0.15, -0.1) is 0 Å². The topological polar surface area (TPSA) is 82.4 Å². The van der Waals surface area contributed by atoms with Crippen molar-refractivity contribution in [2.75, 3.05) is 32.8 Å². The third-order valence-electron chi connectivity index (χ3n) is 2.59. The van der Waals surface area contributed by atoms with Crippen LogP contribution in [0.4, 0.5) is 0 Å². The average molecular weight is 239 g/mol. The van der Waals surface area contributed by atoms with Crippen LogP contribution in [0, 0.1) is 17.2 Å². The van der Waals surface area contributed by atoms with Gasteiger partial charge >= 0.3 is 0 Å². The first-order valence-corrected chi connectivity index (χ1v) is 5.68. The van der Waals surface area contributed by atoms with Crippen LogP contribution in [0.3, 0.4) is 0 Å². The zero-order valence-corrected chi connectivity index (χ0v) is 9.94. The lowest BCUT2D eigenvalue weighted by Crippen LogP contribution is -2.42. The fourth-order valence-corrected chi connectivity index (χ4v) is 1.48. The van der Waals surface area contributed by atoms with E-state index in [-0.39, 0.29) is 24.8 Å². The van der Waals surface area contributed by atoms with Gasteiger partial charge in [0.15, 0.2) is 0 Å². The molecule has 17 heavy (non-hydrogen) atoms. The van der Waals surface area contributed by atoms with Gasteiger partial charge < -0.3 is 15.0 Å². The Bertz CT molecular complexity index is 318. The van der Waals surface area contributed by atoms with Crippen molar-refractivity contribution in [2.45, 2.75) is 13.3 Å². The first kappa shape index (κ1) is 13.5. The van der Waals surface area contributed by atoms with Gasteiger partial charge in [-0.1, -0.05) is 0 Å². The van der Waals surface area contributed by atoms with Gasteiger partial charge in [-0.25, -0.2) is 0 Å². The van der Waals surface area contributed by atoms with Crippen LogP contribution in [0.15, 0.2) is 0 Å². The second-order valence-corrected chi connectivity index (χ2v) is 3.88. The Hall–Kier alpha value is -1.61. The summed E-state index contributed by atoms with van der Waals surface area (Å²) in [6, 6.07) is 1.84. The smallest absolute Gasteiger partial charge is 0.237 e. The van der Waals surface area contributed by atoms with Crippen LogP contribution in [0.25, 0.3) is 0 Å². The molecule has 0 aromatic carbocycles. The molecule has 0 aliphatic carbocycles. The van der Waals surface area contributed by atoms with Crippen LogP contribution in [0.2, 0.25) is 0 Å². The van der Waals surface area contributed by atoms with E-state index in [2.05, 4.69) is 5.32 Å². The third kappa shape index (κ3) is 4.41. The molecule has 1 atom stereocenters. The van der Waals surface area contributed by atoms with E-state index in [0.717, 1.165) is 0 Å². The molecule has 1 saturated heterocycles. The normalized spacial score (nSPS) is 17.1. The van der Waals surface area contributed by atoms with E-state index >= 15 is 0 Å². The molecular weight excluding hydrogens is 222 g/mol. The van der Waals surface area contributed by atoms with Crippen molar-refractivity contribution in [2.24, 2.45) is 5.92 Å². The number of nitriles is 1. The summed E-state index contributed by atoms with van der Waals surface area (Å²) in [7, 11) is 0. The van der Waals surface area contributed by atoms with E-state index in [9.17, 15) is 9.59 Å². The second-order valence-electron chi connectivity index (χ2n) is 3.88. The van der Waals surface area contributed by atoms with Gasteiger partial charge in [0.1, 0.15) is 5.92 Å². The summed E-state index contributed by atoms with van der Waals surface area (Å²) < 4.78 is 5.14. The highest BCUT2D eigenvalue weighted by Gasteiger charge is 2.17. The number of hydrogen-bond donors (Lipinski definition) is 1. The Kier molecular flexibility index (Phi) is 5.43. The number of amides is 2. The number of morpholine rings is 1. The quantitative estimate of drug-likeness (QED) is 0.717. The van der Waals surface area contributed by atoms with Crippen LogP contribution in [0.5, 0.6) is 0 Å². The molecule has 0 saturated carbocycles. The number of nitrogens with zero attached hydrogens (tertiary/aromatic N) is 2. The minimum absolute atomic E-state index is 0.0122. The molecule has 1 unspecified atom stereocenters. The van der Waals surface area contributed by atoms with Gasteiger partial charge in [-0.05, 0) is 6.92 Å². The molecule has 0 aromatic heterocycles. The van der Waals surface area contributed by atoms with Crippen LogP contribution >= 0.6 is 0 Å². The summed E-state index contributed by atoms with van der Waals surface area (Å²) in [5.74, 6) is -0.992. The predicted molar refractivity (Wildman–Crippen MR) is 59.8 cm³/mol. The fourth-order valence-electron chi connectivity index (χ4n) is 1.48. The molecule has 1 aliphatic heterocycles. The average Bonchev–Trinajstić information content (AvgIpc) is 2.38. The van der Waals surface area contributed by atoms with E-state index in [1.165, 1.54) is 6.92 Å². The Labute approximate surface area is 101 Å². The van der Waals surface area contributed by atoms with Crippen molar-refractivity contribution in [3.8, 4) is 6.07 Å². The minimum atomic E-state index is -0.673. The number of hydrogen-bond acceptors (Lipinski definition) is 4. The molecule has 94 valence electrons. The first-order valence-electron chi connectivity index (χ1n) is 5.68. The molecule has 2 amide bonds. The van der Waals surface area contributed by atoms with Crippen molar-refractivity contribution in [3.05, 3.63) is 0 Å². The fraction of sp³-hybridized carbons (Fsp3) is 0.727. The number of nitrogens with one attached hydrogen (secondary N) is 1. The highest BCUT2D eigenvalue weighted by Crippen LogP contribution is 1.99. The summed E-state index contributed by atoms with van der Waals surface area (Å²) >= 11 is 0. The Morgan fingerprint density at radius 2 is 2.12 bits per heavy atom. The highest BCUT2D eigenvalue weighted by atomic mass is 16.5. The number of carbonyl (C=O) groups is 2. The van der Waals surface area contributed by atoms with Crippen LogP contribution in [-0.2, 0) is 14.3 Å². The molecule has 0 spiro atoms. The van der Waals surface area contributed by atoms with E-state index in [1.54, 1.807) is 4.90 Å². The van der Waals surface area contributed by atoms with Crippen molar-refractivity contribution in [1.29, 1.82) is 5.26 Å². The molecule has 1 heterocycles. The molecule has 0 radical (unpaired) electrons. The van der Waals surface area contributed by atoms with E-state index < -0.39 is 5.92 Å². The maximum absolute atomic E-state index is 11.7. The first-order chi connectivity index (χ1) is 8.15. The van der Waals surface area contributed by atoms with Gasteiger partial charge in [-0.3, -0.25) is 9.59 Å². The lowest BCUT2D eigenvalue weighted by Gasteiger charge is -2.26. The third-order valence-corrected chi connectivity index (χ3v) is 2.59. The van der Waals surface area contributed by atoms with Gasteiger partial charge in [0.05, 0.1) is 19.3 Å². The van der Waals surface area contributed by atoms with Gasteiger partial charge in [0.2, 0.25) is 11.8 Å². The second kappa shape index (κ2) is 6.86. The number of ether oxygens (including phenoxy) is 1. The zero-order chi connectivity index (χ0) is 12.7. The Balaban J connectivity index is 2.20. The highest BCUT2D eigenvalue weighted by molar-refractivity contribution is 5.81. The van der Waals surface area contributed by atoms with Gasteiger partial charge in [0.25, 0.3) is 0 Å². The monoisotopic (exact) mass is 239 g/mol. The van der Waals surface area contributed by atoms with Crippen LogP contribution in [-0.4, -0.2) is 49.6 Å². The summed E-state index contributed by atoms with van der Waals surface area (Å²) in [6.45, 7) is 4.18. The molecule has 0 aromatic rings. The summed E-state index contributed by atoms with van der Waals surface area (Å²) in [5.41, 5.74) is 0. The summed E-state index contributed by atoms with van der Waals surface area (Å²) in [5, 5.41) is 11.1. The molecular formula is C11H17N3O3. The van der Waals surface area contributed by atoms with E-state index in [0.29, 0.717) is 26.3 Å². The molecule has 1 rings (SSSR count). The van der Waals surface area contributed by atoms with Crippen molar-refractivity contribution >= 4 is 11.8 Å². The molecule has 6 heteroatoms.